The first-order chi connectivity index (χ1) is 20.2. The molecule has 4 rings (SSSR count). The van der Waals surface area contributed by atoms with Gasteiger partial charge in [0.2, 0.25) is 11.8 Å². The van der Waals surface area contributed by atoms with Crippen molar-refractivity contribution in [1.29, 1.82) is 0 Å². The van der Waals surface area contributed by atoms with E-state index < -0.39 is 35.1 Å². The van der Waals surface area contributed by atoms with Crippen molar-refractivity contribution in [1.82, 2.24) is 16.0 Å². The van der Waals surface area contributed by atoms with Gasteiger partial charge >= 0.3 is 6.09 Å². The molecule has 3 amide bonds. The molecule has 0 saturated heterocycles. The van der Waals surface area contributed by atoms with Crippen LogP contribution >= 0.6 is 11.3 Å². The SMILES string of the molecule is CC(C)(C)OC(=O)N[C@H](CC(=O)NC(c1ccccc1)(c1ccccc1)c1ccccc1)C(=O)NCCc1ccsc1. The van der Waals surface area contributed by atoms with Crippen LogP contribution in [0.3, 0.4) is 0 Å². The number of ether oxygens (including phenoxy) is 1. The van der Waals surface area contributed by atoms with E-state index in [0.717, 1.165) is 22.3 Å². The minimum atomic E-state index is -1.15. The molecule has 218 valence electrons. The van der Waals surface area contributed by atoms with E-state index in [1.54, 1.807) is 32.1 Å². The third-order valence-electron chi connectivity index (χ3n) is 6.64. The van der Waals surface area contributed by atoms with Gasteiger partial charge in [-0.25, -0.2) is 4.79 Å². The Bertz CT molecular complexity index is 1340. The Labute approximate surface area is 251 Å². The van der Waals surface area contributed by atoms with Crippen molar-refractivity contribution in [2.45, 2.75) is 50.8 Å². The molecule has 1 aromatic heterocycles. The number of hydrogen-bond acceptors (Lipinski definition) is 5. The van der Waals surface area contributed by atoms with Gasteiger partial charge in [0.15, 0.2) is 0 Å². The summed E-state index contributed by atoms with van der Waals surface area (Å²) in [4.78, 5) is 40.0. The summed E-state index contributed by atoms with van der Waals surface area (Å²) < 4.78 is 5.41. The van der Waals surface area contributed by atoms with Gasteiger partial charge in [0.05, 0.1) is 6.42 Å². The zero-order chi connectivity index (χ0) is 30.0. The van der Waals surface area contributed by atoms with Crippen LogP contribution in [0.4, 0.5) is 4.79 Å². The second kappa shape index (κ2) is 14.0. The number of amides is 3. The van der Waals surface area contributed by atoms with Crippen molar-refractivity contribution in [3.63, 3.8) is 0 Å². The Morgan fingerprint density at radius 1 is 0.786 bits per heavy atom. The molecule has 42 heavy (non-hydrogen) atoms. The Balaban J connectivity index is 1.63. The fraction of sp³-hybridized carbons (Fsp3) is 0.265. The molecule has 0 fully saturated rings. The van der Waals surface area contributed by atoms with Gasteiger partial charge in [0, 0.05) is 6.54 Å². The van der Waals surface area contributed by atoms with Crippen molar-refractivity contribution in [2.24, 2.45) is 0 Å². The normalized spacial score (nSPS) is 12.2. The Morgan fingerprint density at radius 3 is 1.76 bits per heavy atom. The maximum atomic E-state index is 13.9. The second-order valence-corrected chi connectivity index (χ2v) is 11.8. The van der Waals surface area contributed by atoms with Gasteiger partial charge in [-0.2, -0.15) is 11.3 Å². The van der Waals surface area contributed by atoms with Crippen LogP contribution < -0.4 is 16.0 Å². The van der Waals surface area contributed by atoms with E-state index >= 15 is 0 Å². The summed E-state index contributed by atoms with van der Waals surface area (Å²) in [7, 11) is 0. The first-order valence-electron chi connectivity index (χ1n) is 13.9. The molecule has 1 atom stereocenters. The zero-order valence-corrected chi connectivity index (χ0v) is 24.9. The molecule has 0 spiro atoms. The number of rotatable bonds is 11. The quantitative estimate of drug-likeness (QED) is 0.195. The van der Waals surface area contributed by atoms with Crippen LogP contribution in [0.25, 0.3) is 0 Å². The van der Waals surface area contributed by atoms with Gasteiger partial charge in [0.25, 0.3) is 0 Å². The van der Waals surface area contributed by atoms with E-state index in [9.17, 15) is 14.4 Å². The standard InChI is InChI=1S/C34H37N3O4S/c1-33(2,3)41-32(40)36-29(31(39)35-21-19-25-20-22-42-24-25)23-30(38)37-34(26-13-7-4-8-14-26,27-15-9-5-10-16-27)28-17-11-6-12-18-28/h4-18,20,22,24,29H,19,21,23H2,1-3H3,(H,35,39)(H,36,40)(H,37,38)/t29-/m1/s1. The van der Waals surface area contributed by atoms with Crippen LogP contribution in [0.15, 0.2) is 108 Å². The van der Waals surface area contributed by atoms with E-state index in [1.807, 2.05) is 108 Å². The first kappa shape index (κ1) is 30.5. The summed E-state index contributed by atoms with van der Waals surface area (Å²) in [6.45, 7) is 5.58. The van der Waals surface area contributed by atoms with E-state index in [0.29, 0.717) is 13.0 Å². The summed E-state index contributed by atoms with van der Waals surface area (Å²) >= 11 is 1.59. The lowest BCUT2D eigenvalue weighted by atomic mass is 9.77. The number of benzene rings is 3. The van der Waals surface area contributed by atoms with E-state index in [2.05, 4.69) is 16.0 Å². The average molecular weight is 584 g/mol. The van der Waals surface area contributed by atoms with Crippen molar-refractivity contribution < 1.29 is 19.1 Å². The second-order valence-electron chi connectivity index (χ2n) is 11.0. The maximum absolute atomic E-state index is 13.9. The number of alkyl carbamates (subject to hydrolysis) is 1. The van der Waals surface area contributed by atoms with Crippen LogP contribution in [0, 0.1) is 0 Å². The first-order valence-corrected chi connectivity index (χ1v) is 14.9. The third-order valence-corrected chi connectivity index (χ3v) is 7.37. The monoisotopic (exact) mass is 583 g/mol. The predicted octanol–water partition coefficient (Wildman–Crippen LogP) is 5.80. The smallest absolute Gasteiger partial charge is 0.408 e. The molecule has 0 saturated carbocycles. The molecule has 3 aromatic carbocycles. The maximum Gasteiger partial charge on any atom is 0.408 e. The van der Waals surface area contributed by atoms with Gasteiger partial charge in [-0.15, -0.1) is 0 Å². The van der Waals surface area contributed by atoms with Crippen LogP contribution in [0.5, 0.6) is 0 Å². The van der Waals surface area contributed by atoms with Crippen molar-refractivity contribution in [3.8, 4) is 0 Å². The number of hydrogen-bond donors (Lipinski definition) is 3. The molecule has 7 nitrogen and oxygen atoms in total. The fourth-order valence-corrected chi connectivity index (χ4v) is 5.48. The van der Waals surface area contributed by atoms with E-state index in [4.69, 9.17) is 4.74 Å². The van der Waals surface area contributed by atoms with E-state index in [1.165, 1.54) is 0 Å². The topological polar surface area (TPSA) is 96.5 Å². The highest BCUT2D eigenvalue weighted by Crippen LogP contribution is 2.36. The van der Waals surface area contributed by atoms with Crippen LogP contribution in [-0.2, 0) is 26.3 Å². The molecule has 8 heteroatoms. The molecule has 0 bridgehead atoms. The highest BCUT2D eigenvalue weighted by atomic mass is 32.1. The minimum absolute atomic E-state index is 0.294. The van der Waals surface area contributed by atoms with Crippen molar-refractivity contribution in [2.75, 3.05) is 6.54 Å². The summed E-state index contributed by atoms with van der Waals surface area (Å²) in [6.07, 6.45) is -0.425. The van der Waals surface area contributed by atoms with Crippen molar-refractivity contribution in [3.05, 3.63) is 130 Å². The van der Waals surface area contributed by atoms with Gasteiger partial charge in [-0.1, -0.05) is 91.0 Å². The zero-order valence-electron chi connectivity index (χ0n) is 24.1. The molecule has 3 N–H and O–H groups in total. The number of nitrogens with one attached hydrogen (secondary N) is 3. The van der Waals surface area contributed by atoms with Gasteiger partial charge in [0.1, 0.15) is 17.2 Å². The predicted molar refractivity (Wildman–Crippen MR) is 166 cm³/mol. The highest BCUT2D eigenvalue weighted by Gasteiger charge is 2.39. The largest absolute Gasteiger partial charge is 0.444 e. The molecule has 0 unspecified atom stereocenters. The molecule has 0 radical (unpaired) electrons. The number of thiophene rings is 1. The lowest BCUT2D eigenvalue weighted by Gasteiger charge is -2.37. The highest BCUT2D eigenvalue weighted by molar-refractivity contribution is 7.07. The lowest BCUT2D eigenvalue weighted by molar-refractivity contribution is -0.129. The number of carbonyl (C=O) groups is 3. The van der Waals surface area contributed by atoms with Crippen LogP contribution in [-0.4, -0.2) is 36.1 Å². The molecule has 0 aliphatic rings. The van der Waals surface area contributed by atoms with Gasteiger partial charge in [-0.05, 0) is 66.3 Å². The summed E-state index contributed by atoms with van der Waals surface area (Å²) in [5.74, 6) is -0.878. The van der Waals surface area contributed by atoms with Gasteiger partial charge in [-0.3, -0.25) is 9.59 Å². The van der Waals surface area contributed by atoms with Gasteiger partial charge < -0.3 is 20.7 Å². The molecule has 0 aliphatic heterocycles. The molecular formula is C34H37N3O4S. The molecular weight excluding hydrogens is 546 g/mol. The lowest BCUT2D eigenvalue weighted by Crippen LogP contribution is -2.53. The minimum Gasteiger partial charge on any atom is -0.444 e. The summed E-state index contributed by atoms with van der Waals surface area (Å²) in [6, 6.07) is 30.0. The molecule has 0 aliphatic carbocycles. The summed E-state index contributed by atoms with van der Waals surface area (Å²) in [5, 5.41) is 12.7. The van der Waals surface area contributed by atoms with Crippen LogP contribution in [0.1, 0.15) is 49.4 Å². The Kier molecular flexibility index (Phi) is 10.1. The summed E-state index contributed by atoms with van der Waals surface area (Å²) in [5.41, 5.74) is 1.85. The molecule has 1 heterocycles. The Morgan fingerprint density at radius 2 is 1.31 bits per heavy atom. The van der Waals surface area contributed by atoms with Crippen molar-refractivity contribution >= 4 is 29.2 Å². The molecule has 4 aromatic rings. The average Bonchev–Trinajstić information content (AvgIpc) is 3.49. The van der Waals surface area contributed by atoms with Crippen LogP contribution in [0.2, 0.25) is 0 Å². The fourth-order valence-electron chi connectivity index (χ4n) is 4.77. The Hall–Kier alpha value is -4.43. The number of carbonyl (C=O) groups excluding carboxylic acids is 3. The van der Waals surface area contributed by atoms with E-state index in [-0.39, 0.29) is 6.42 Å². The third kappa shape index (κ3) is 8.07.